The quantitative estimate of drug-likeness (QED) is 0.732. The van der Waals surface area contributed by atoms with Crippen molar-refractivity contribution >= 4 is 11.7 Å². The van der Waals surface area contributed by atoms with Gasteiger partial charge < -0.3 is 15.4 Å². The molecule has 0 saturated carbocycles. The molecule has 0 radical (unpaired) electrons. The lowest BCUT2D eigenvalue weighted by Gasteiger charge is -2.06. The summed E-state index contributed by atoms with van der Waals surface area (Å²) in [7, 11) is 1.53. The topological polar surface area (TPSA) is 76.1 Å². The zero-order valence-electron chi connectivity index (χ0n) is 9.49. The lowest BCUT2D eigenvalue weighted by molar-refractivity contribution is -0.119. The zero-order valence-corrected chi connectivity index (χ0v) is 9.49. The second kappa shape index (κ2) is 6.60. The van der Waals surface area contributed by atoms with E-state index in [1.165, 1.54) is 13.4 Å². The largest absolute Gasteiger partial charge is 0.481 e. The third kappa shape index (κ3) is 4.12. The number of hydrogen-bond donors (Lipinski definition) is 2. The molecular formula is C10H16N4O2. The van der Waals surface area contributed by atoms with Crippen LogP contribution in [0.1, 0.15) is 13.3 Å². The summed E-state index contributed by atoms with van der Waals surface area (Å²) >= 11 is 0. The fourth-order valence-electron chi connectivity index (χ4n) is 1.05. The van der Waals surface area contributed by atoms with E-state index in [4.69, 9.17) is 4.74 Å². The fourth-order valence-corrected chi connectivity index (χ4v) is 1.05. The second-order valence-electron chi connectivity index (χ2n) is 3.15. The molecule has 1 heterocycles. The molecule has 0 aliphatic carbocycles. The summed E-state index contributed by atoms with van der Waals surface area (Å²) in [5, 5.41) is 5.64. The van der Waals surface area contributed by atoms with Crippen molar-refractivity contribution in [3.8, 4) is 5.88 Å². The molecule has 0 aliphatic heterocycles. The van der Waals surface area contributed by atoms with Crippen molar-refractivity contribution in [3.63, 3.8) is 0 Å². The van der Waals surface area contributed by atoms with Gasteiger partial charge in [-0.05, 0) is 6.42 Å². The molecular weight excluding hydrogens is 208 g/mol. The Morgan fingerprint density at radius 3 is 3.00 bits per heavy atom. The smallest absolute Gasteiger partial charge is 0.239 e. The van der Waals surface area contributed by atoms with Crippen LogP contribution in [-0.4, -0.2) is 36.1 Å². The molecule has 0 spiro atoms. The van der Waals surface area contributed by atoms with Gasteiger partial charge in [0, 0.05) is 12.6 Å². The van der Waals surface area contributed by atoms with Gasteiger partial charge in [0.15, 0.2) is 0 Å². The first-order chi connectivity index (χ1) is 7.76. The maximum Gasteiger partial charge on any atom is 0.239 e. The molecule has 1 aromatic rings. The molecule has 0 aliphatic rings. The molecule has 0 aromatic carbocycles. The van der Waals surface area contributed by atoms with Crippen LogP contribution in [0.5, 0.6) is 5.88 Å². The van der Waals surface area contributed by atoms with Gasteiger partial charge >= 0.3 is 0 Å². The molecule has 88 valence electrons. The maximum atomic E-state index is 11.3. The summed E-state index contributed by atoms with van der Waals surface area (Å²) in [6.07, 6.45) is 2.30. The summed E-state index contributed by atoms with van der Waals surface area (Å²) < 4.78 is 4.93. The average Bonchev–Trinajstić information content (AvgIpc) is 2.34. The van der Waals surface area contributed by atoms with Crippen molar-refractivity contribution in [1.82, 2.24) is 15.3 Å². The van der Waals surface area contributed by atoms with Gasteiger partial charge in [-0.3, -0.25) is 4.79 Å². The predicted octanol–water partition coefficient (Wildman–Crippen LogP) is 0.423. The van der Waals surface area contributed by atoms with Gasteiger partial charge in [-0.2, -0.15) is 0 Å². The molecule has 0 atom stereocenters. The first-order valence-electron chi connectivity index (χ1n) is 5.13. The van der Waals surface area contributed by atoms with Crippen LogP contribution in [-0.2, 0) is 4.79 Å². The number of aromatic nitrogens is 2. The molecule has 1 amide bonds. The minimum absolute atomic E-state index is 0.0561. The van der Waals surface area contributed by atoms with E-state index in [-0.39, 0.29) is 12.5 Å². The van der Waals surface area contributed by atoms with Gasteiger partial charge in [0.1, 0.15) is 12.1 Å². The van der Waals surface area contributed by atoms with Gasteiger partial charge in [0.05, 0.1) is 13.7 Å². The summed E-state index contributed by atoms with van der Waals surface area (Å²) in [5.41, 5.74) is 0. The number of anilines is 1. The standard InChI is InChI=1S/C10H16N4O2/c1-3-4-11-9(15)6-12-8-5-10(16-2)14-7-13-8/h5,7H,3-4,6H2,1-2H3,(H,11,15)(H,12,13,14). The lowest BCUT2D eigenvalue weighted by Crippen LogP contribution is -2.30. The maximum absolute atomic E-state index is 11.3. The van der Waals surface area contributed by atoms with E-state index in [2.05, 4.69) is 20.6 Å². The molecule has 16 heavy (non-hydrogen) atoms. The van der Waals surface area contributed by atoms with Gasteiger partial charge in [-0.15, -0.1) is 0 Å². The molecule has 2 N–H and O–H groups in total. The normalized spacial score (nSPS) is 9.62. The van der Waals surface area contributed by atoms with Gasteiger partial charge in [-0.25, -0.2) is 9.97 Å². The third-order valence-electron chi connectivity index (χ3n) is 1.85. The van der Waals surface area contributed by atoms with E-state index >= 15 is 0 Å². The number of methoxy groups -OCH3 is 1. The Bertz CT molecular complexity index is 343. The number of nitrogens with zero attached hydrogens (tertiary/aromatic N) is 2. The number of amides is 1. The van der Waals surface area contributed by atoms with Crippen LogP contribution in [0, 0.1) is 0 Å². The highest BCUT2D eigenvalue weighted by atomic mass is 16.5. The fraction of sp³-hybridized carbons (Fsp3) is 0.500. The van der Waals surface area contributed by atoms with E-state index in [0.29, 0.717) is 18.2 Å². The summed E-state index contributed by atoms with van der Waals surface area (Å²) in [6, 6.07) is 1.63. The SMILES string of the molecule is CCCNC(=O)CNc1cc(OC)ncn1. The van der Waals surface area contributed by atoms with Crippen molar-refractivity contribution < 1.29 is 9.53 Å². The Balaban J connectivity index is 2.38. The number of ether oxygens (including phenoxy) is 1. The highest BCUT2D eigenvalue weighted by Gasteiger charge is 2.01. The van der Waals surface area contributed by atoms with Crippen LogP contribution in [0.25, 0.3) is 0 Å². The Morgan fingerprint density at radius 2 is 2.31 bits per heavy atom. The summed E-state index contributed by atoms with van der Waals surface area (Å²) in [6.45, 7) is 2.89. The average molecular weight is 224 g/mol. The highest BCUT2D eigenvalue weighted by molar-refractivity contribution is 5.80. The van der Waals surface area contributed by atoms with Crippen molar-refractivity contribution in [2.45, 2.75) is 13.3 Å². The van der Waals surface area contributed by atoms with Crippen LogP contribution in [0.4, 0.5) is 5.82 Å². The molecule has 0 unspecified atom stereocenters. The molecule has 6 nitrogen and oxygen atoms in total. The Morgan fingerprint density at radius 1 is 1.50 bits per heavy atom. The minimum atomic E-state index is -0.0561. The molecule has 1 aromatic heterocycles. The van der Waals surface area contributed by atoms with Gasteiger partial charge in [0.2, 0.25) is 11.8 Å². The number of nitrogens with one attached hydrogen (secondary N) is 2. The second-order valence-corrected chi connectivity index (χ2v) is 3.15. The van der Waals surface area contributed by atoms with Crippen molar-refractivity contribution in [2.75, 3.05) is 25.5 Å². The first-order valence-corrected chi connectivity index (χ1v) is 5.13. The van der Waals surface area contributed by atoms with Crippen LogP contribution in [0.2, 0.25) is 0 Å². The van der Waals surface area contributed by atoms with Gasteiger partial charge in [-0.1, -0.05) is 6.92 Å². The number of rotatable bonds is 6. The minimum Gasteiger partial charge on any atom is -0.481 e. The molecule has 0 fully saturated rings. The van der Waals surface area contributed by atoms with Crippen LogP contribution in [0.3, 0.4) is 0 Å². The van der Waals surface area contributed by atoms with Crippen molar-refractivity contribution in [3.05, 3.63) is 12.4 Å². The lowest BCUT2D eigenvalue weighted by atomic mass is 10.4. The van der Waals surface area contributed by atoms with E-state index < -0.39 is 0 Å². The Kier molecular flexibility index (Phi) is 5.04. The van der Waals surface area contributed by atoms with Crippen LogP contribution in [0.15, 0.2) is 12.4 Å². The molecule has 0 bridgehead atoms. The van der Waals surface area contributed by atoms with Crippen LogP contribution >= 0.6 is 0 Å². The Hall–Kier alpha value is -1.85. The van der Waals surface area contributed by atoms with E-state index in [1.54, 1.807) is 6.07 Å². The number of carbonyl (C=O) groups excluding carboxylic acids is 1. The molecule has 6 heteroatoms. The van der Waals surface area contributed by atoms with E-state index in [1.807, 2.05) is 6.92 Å². The van der Waals surface area contributed by atoms with Crippen molar-refractivity contribution in [1.29, 1.82) is 0 Å². The molecule has 1 rings (SSSR count). The Labute approximate surface area is 94.4 Å². The zero-order chi connectivity index (χ0) is 11.8. The van der Waals surface area contributed by atoms with Crippen molar-refractivity contribution in [2.24, 2.45) is 0 Å². The number of hydrogen-bond acceptors (Lipinski definition) is 5. The first kappa shape index (κ1) is 12.2. The van der Waals surface area contributed by atoms with Gasteiger partial charge in [0.25, 0.3) is 0 Å². The monoisotopic (exact) mass is 224 g/mol. The number of carbonyl (C=O) groups is 1. The van der Waals surface area contributed by atoms with E-state index in [0.717, 1.165) is 6.42 Å². The predicted molar refractivity (Wildman–Crippen MR) is 60.4 cm³/mol. The van der Waals surface area contributed by atoms with E-state index in [9.17, 15) is 4.79 Å². The molecule has 0 saturated heterocycles. The van der Waals surface area contributed by atoms with Crippen LogP contribution < -0.4 is 15.4 Å². The summed E-state index contributed by atoms with van der Waals surface area (Å²) in [5.74, 6) is 0.976. The highest BCUT2D eigenvalue weighted by Crippen LogP contribution is 2.09. The third-order valence-corrected chi connectivity index (χ3v) is 1.85. The summed E-state index contributed by atoms with van der Waals surface area (Å²) in [4.78, 5) is 19.1.